The molecule has 0 aromatic carbocycles. The van der Waals surface area contributed by atoms with Crippen molar-refractivity contribution in [2.45, 2.75) is 20.3 Å². The number of carbonyl (C=O) groups is 1. The van der Waals surface area contributed by atoms with Crippen molar-refractivity contribution in [3.05, 3.63) is 0 Å². The summed E-state index contributed by atoms with van der Waals surface area (Å²) < 4.78 is 5.28. The summed E-state index contributed by atoms with van der Waals surface area (Å²) in [5.74, 6) is 0.651. The molecule has 0 saturated carbocycles. The number of hydrogen-bond donors (Lipinski definition) is 1. The summed E-state index contributed by atoms with van der Waals surface area (Å²) in [5, 5.41) is 9.35. The summed E-state index contributed by atoms with van der Waals surface area (Å²) in [6.07, 6.45) is 0.654. The molecule has 3 atom stereocenters. The van der Waals surface area contributed by atoms with Gasteiger partial charge < -0.3 is 14.7 Å². The summed E-state index contributed by atoms with van der Waals surface area (Å²) in [7, 11) is 0. The van der Waals surface area contributed by atoms with E-state index in [2.05, 4.69) is 18.7 Å². The maximum absolute atomic E-state index is 11.4. The van der Waals surface area contributed by atoms with Gasteiger partial charge >= 0.3 is 5.97 Å². The normalized spacial score (nSPS) is 40.4. The van der Waals surface area contributed by atoms with Crippen LogP contribution < -0.4 is 0 Å². The Morgan fingerprint density at radius 2 is 2.06 bits per heavy atom. The van der Waals surface area contributed by atoms with Crippen LogP contribution in [-0.2, 0) is 9.53 Å². The number of likely N-dealkylation sites (tertiary alicyclic amines) is 1. The first-order valence-corrected chi connectivity index (χ1v) is 6.07. The SMILES string of the molecule is CC1CN(CC2(C(=O)O)CCOC2)CC1C. The van der Waals surface area contributed by atoms with Gasteiger partial charge in [-0.15, -0.1) is 0 Å². The van der Waals surface area contributed by atoms with Crippen LogP contribution >= 0.6 is 0 Å². The minimum absolute atomic E-state index is 0.377. The van der Waals surface area contributed by atoms with E-state index in [9.17, 15) is 9.90 Å². The second-order valence-corrected chi connectivity index (χ2v) is 5.54. The van der Waals surface area contributed by atoms with Gasteiger partial charge in [0.1, 0.15) is 5.41 Å². The molecule has 2 rings (SSSR count). The van der Waals surface area contributed by atoms with E-state index in [1.807, 2.05) is 0 Å². The van der Waals surface area contributed by atoms with Gasteiger partial charge in [0.25, 0.3) is 0 Å². The van der Waals surface area contributed by atoms with Crippen LogP contribution in [0.3, 0.4) is 0 Å². The molecule has 0 radical (unpaired) electrons. The van der Waals surface area contributed by atoms with Crippen LogP contribution in [0.1, 0.15) is 20.3 Å². The lowest BCUT2D eigenvalue weighted by molar-refractivity contribution is -0.150. The fourth-order valence-corrected chi connectivity index (χ4v) is 2.77. The maximum atomic E-state index is 11.4. The fraction of sp³-hybridized carbons (Fsp3) is 0.917. The largest absolute Gasteiger partial charge is 0.481 e. The van der Waals surface area contributed by atoms with Crippen LogP contribution in [0.25, 0.3) is 0 Å². The molecule has 92 valence electrons. The molecule has 2 aliphatic rings. The molecule has 0 amide bonds. The van der Waals surface area contributed by atoms with Gasteiger partial charge in [-0.05, 0) is 18.3 Å². The van der Waals surface area contributed by atoms with E-state index in [4.69, 9.17) is 4.74 Å². The molecule has 0 aromatic heterocycles. The molecule has 0 bridgehead atoms. The highest BCUT2D eigenvalue weighted by molar-refractivity contribution is 5.75. The third-order valence-electron chi connectivity index (χ3n) is 4.15. The Labute approximate surface area is 96.6 Å². The number of nitrogens with zero attached hydrogens (tertiary/aromatic N) is 1. The minimum atomic E-state index is -0.697. The molecule has 3 unspecified atom stereocenters. The van der Waals surface area contributed by atoms with E-state index in [0.29, 0.717) is 38.0 Å². The van der Waals surface area contributed by atoms with E-state index in [0.717, 1.165) is 13.1 Å². The van der Waals surface area contributed by atoms with Crippen molar-refractivity contribution in [2.24, 2.45) is 17.3 Å². The Bertz CT molecular complexity index is 263. The molecule has 2 aliphatic heterocycles. The molecule has 0 spiro atoms. The van der Waals surface area contributed by atoms with Gasteiger partial charge in [0.2, 0.25) is 0 Å². The molecule has 2 fully saturated rings. The van der Waals surface area contributed by atoms with Crippen LogP contribution in [0.5, 0.6) is 0 Å². The molecule has 16 heavy (non-hydrogen) atoms. The molecule has 2 heterocycles. The van der Waals surface area contributed by atoms with Crippen LogP contribution in [-0.4, -0.2) is 48.8 Å². The second-order valence-electron chi connectivity index (χ2n) is 5.54. The minimum Gasteiger partial charge on any atom is -0.481 e. The van der Waals surface area contributed by atoms with Gasteiger partial charge in [-0.25, -0.2) is 0 Å². The molecule has 0 aromatic rings. The van der Waals surface area contributed by atoms with Gasteiger partial charge in [-0.1, -0.05) is 13.8 Å². The summed E-state index contributed by atoms with van der Waals surface area (Å²) >= 11 is 0. The summed E-state index contributed by atoms with van der Waals surface area (Å²) in [4.78, 5) is 13.7. The van der Waals surface area contributed by atoms with Crippen molar-refractivity contribution in [2.75, 3.05) is 32.8 Å². The van der Waals surface area contributed by atoms with Crippen molar-refractivity contribution >= 4 is 5.97 Å². The Hall–Kier alpha value is -0.610. The van der Waals surface area contributed by atoms with Crippen molar-refractivity contribution in [3.63, 3.8) is 0 Å². The third kappa shape index (κ3) is 2.09. The summed E-state index contributed by atoms with van der Waals surface area (Å²) in [6, 6.07) is 0. The molecular weight excluding hydrogens is 206 g/mol. The molecular formula is C12H21NO3. The zero-order valence-corrected chi connectivity index (χ0v) is 10.1. The highest BCUT2D eigenvalue weighted by Crippen LogP contribution is 2.33. The first-order chi connectivity index (χ1) is 7.53. The standard InChI is InChI=1S/C12H21NO3/c1-9-5-13(6-10(9)2)7-12(11(14)15)3-4-16-8-12/h9-10H,3-8H2,1-2H3,(H,14,15). The zero-order valence-electron chi connectivity index (χ0n) is 10.1. The van der Waals surface area contributed by atoms with Gasteiger partial charge in [0.15, 0.2) is 0 Å². The van der Waals surface area contributed by atoms with E-state index in [1.54, 1.807) is 0 Å². The van der Waals surface area contributed by atoms with Crippen LogP contribution in [0.15, 0.2) is 0 Å². The highest BCUT2D eigenvalue weighted by atomic mass is 16.5. The lowest BCUT2D eigenvalue weighted by atomic mass is 9.87. The summed E-state index contributed by atoms with van der Waals surface area (Å²) in [6.45, 7) is 8.14. The number of rotatable bonds is 3. The number of carboxylic acids is 1. The third-order valence-corrected chi connectivity index (χ3v) is 4.15. The molecule has 2 saturated heterocycles. The van der Waals surface area contributed by atoms with Crippen LogP contribution in [0.4, 0.5) is 0 Å². The topological polar surface area (TPSA) is 49.8 Å². The Kier molecular flexibility index (Phi) is 3.22. The fourth-order valence-electron chi connectivity index (χ4n) is 2.77. The van der Waals surface area contributed by atoms with Crippen LogP contribution in [0.2, 0.25) is 0 Å². The van der Waals surface area contributed by atoms with E-state index in [-0.39, 0.29) is 0 Å². The van der Waals surface area contributed by atoms with Crippen molar-refractivity contribution < 1.29 is 14.6 Å². The van der Waals surface area contributed by atoms with E-state index < -0.39 is 11.4 Å². The van der Waals surface area contributed by atoms with Gasteiger partial charge in [-0.3, -0.25) is 4.79 Å². The van der Waals surface area contributed by atoms with Gasteiger partial charge in [-0.2, -0.15) is 0 Å². The highest BCUT2D eigenvalue weighted by Gasteiger charge is 2.45. The van der Waals surface area contributed by atoms with Crippen molar-refractivity contribution in [1.82, 2.24) is 4.90 Å². The first kappa shape index (κ1) is 11.9. The number of aliphatic carboxylic acids is 1. The van der Waals surface area contributed by atoms with E-state index in [1.165, 1.54) is 0 Å². The number of carboxylic acid groups (broad SMARTS) is 1. The van der Waals surface area contributed by atoms with Crippen molar-refractivity contribution in [1.29, 1.82) is 0 Å². The second kappa shape index (κ2) is 4.34. The lowest BCUT2D eigenvalue weighted by Crippen LogP contribution is -2.43. The smallest absolute Gasteiger partial charge is 0.313 e. The number of ether oxygens (including phenoxy) is 1. The first-order valence-electron chi connectivity index (χ1n) is 6.07. The lowest BCUT2D eigenvalue weighted by Gasteiger charge is -2.28. The summed E-state index contributed by atoms with van der Waals surface area (Å²) in [5.41, 5.74) is -0.649. The average molecular weight is 227 g/mol. The molecule has 0 aliphatic carbocycles. The molecule has 1 N–H and O–H groups in total. The van der Waals surface area contributed by atoms with Crippen molar-refractivity contribution in [3.8, 4) is 0 Å². The molecule has 4 heteroatoms. The predicted octanol–water partition coefficient (Wildman–Crippen LogP) is 1.07. The average Bonchev–Trinajstić information content (AvgIpc) is 2.77. The van der Waals surface area contributed by atoms with E-state index >= 15 is 0 Å². The quantitative estimate of drug-likeness (QED) is 0.783. The van der Waals surface area contributed by atoms with Gasteiger partial charge in [0, 0.05) is 26.2 Å². The van der Waals surface area contributed by atoms with Crippen LogP contribution in [0, 0.1) is 17.3 Å². The number of hydrogen-bond acceptors (Lipinski definition) is 3. The monoisotopic (exact) mass is 227 g/mol. The predicted molar refractivity (Wildman–Crippen MR) is 60.3 cm³/mol. The van der Waals surface area contributed by atoms with Gasteiger partial charge in [0.05, 0.1) is 6.61 Å². The maximum Gasteiger partial charge on any atom is 0.313 e. The Balaban J connectivity index is 1.99. The Morgan fingerprint density at radius 1 is 1.44 bits per heavy atom. The zero-order chi connectivity index (χ0) is 11.8. The molecule has 4 nitrogen and oxygen atoms in total. The Morgan fingerprint density at radius 3 is 2.50 bits per heavy atom.